The number of hydrogen-bond donors (Lipinski definition) is 0. The van der Waals surface area contributed by atoms with Crippen molar-refractivity contribution in [3.05, 3.63) is 10.8 Å². The van der Waals surface area contributed by atoms with Gasteiger partial charge < -0.3 is 9.64 Å². The van der Waals surface area contributed by atoms with E-state index in [1.165, 1.54) is 5.70 Å². The minimum absolute atomic E-state index is 0.760. The van der Waals surface area contributed by atoms with E-state index in [4.69, 9.17) is 4.74 Å². The smallest absolute Gasteiger partial charge is 0.174 e. The summed E-state index contributed by atoms with van der Waals surface area (Å²) in [4.78, 5) is 2.32. The molecule has 0 atom stereocenters. The molecule has 1 heterocycles. The van der Waals surface area contributed by atoms with E-state index >= 15 is 0 Å². The third-order valence-electron chi connectivity index (χ3n) is 1.75. The number of hydrogen-bond acceptors (Lipinski definition) is 3. The molecule has 0 saturated heterocycles. The van der Waals surface area contributed by atoms with Crippen molar-refractivity contribution in [2.45, 2.75) is 13.8 Å². The number of nitrogens with zero attached hydrogens (tertiary/aromatic N) is 1. The van der Waals surface area contributed by atoms with Crippen LogP contribution in [-0.4, -0.2) is 29.3 Å². The lowest BCUT2D eigenvalue weighted by atomic mass is 10.4. The zero-order valence-electron chi connectivity index (χ0n) is 7.47. The predicted molar refractivity (Wildman–Crippen MR) is 57.3 cm³/mol. The molecule has 0 fully saturated rings. The molecule has 0 aromatic carbocycles. The lowest BCUT2D eigenvalue weighted by molar-refractivity contribution is 0.248. The van der Waals surface area contributed by atoms with Crippen LogP contribution < -0.4 is 0 Å². The van der Waals surface area contributed by atoms with Crippen molar-refractivity contribution in [2.24, 2.45) is 0 Å². The monoisotopic (exact) mass is 251 g/mol. The number of allylic oxidation sites excluding steroid dienone is 1. The van der Waals surface area contributed by atoms with Crippen LogP contribution in [0.25, 0.3) is 0 Å². The van der Waals surface area contributed by atoms with Gasteiger partial charge in [0.2, 0.25) is 0 Å². The standard InChI is InChI=1S/C8H14BrNOS/c1-3-10-6-12-8(11-4-2)7(10)5-9/h3-6H2,1-2H3. The van der Waals surface area contributed by atoms with Gasteiger partial charge in [-0.15, -0.1) is 0 Å². The Morgan fingerprint density at radius 2 is 2.33 bits per heavy atom. The Morgan fingerprint density at radius 3 is 2.83 bits per heavy atom. The molecule has 0 aromatic heterocycles. The van der Waals surface area contributed by atoms with Crippen LogP contribution in [0.4, 0.5) is 0 Å². The first-order valence-corrected chi connectivity index (χ1v) is 6.23. The molecule has 1 rings (SSSR count). The van der Waals surface area contributed by atoms with Gasteiger partial charge in [-0.05, 0) is 13.8 Å². The van der Waals surface area contributed by atoms with Gasteiger partial charge in [0.05, 0.1) is 18.2 Å². The lowest BCUT2D eigenvalue weighted by Crippen LogP contribution is -2.19. The summed E-state index contributed by atoms with van der Waals surface area (Å²) in [5, 5.41) is 1.99. The molecule has 0 aliphatic carbocycles. The summed E-state index contributed by atoms with van der Waals surface area (Å²) < 4.78 is 5.51. The van der Waals surface area contributed by atoms with Gasteiger partial charge in [-0.1, -0.05) is 27.7 Å². The average Bonchev–Trinajstić information content (AvgIpc) is 2.47. The molecule has 0 spiro atoms. The van der Waals surface area contributed by atoms with Crippen molar-refractivity contribution in [1.29, 1.82) is 0 Å². The van der Waals surface area contributed by atoms with Crippen LogP contribution in [0.2, 0.25) is 0 Å². The van der Waals surface area contributed by atoms with Crippen LogP contribution >= 0.6 is 27.7 Å². The molecular weight excluding hydrogens is 238 g/mol. The average molecular weight is 252 g/mol. The SMILES string of the molecule is CCOC1=C(CBr)N(CC)CS1. The fourth-order valence-electron chi connectivity index (χ4n) is 1.10. The first kappa shape index (κ1) is 10.3. The van der Waals surface area contributed by atoms with Gasteiger partial charge in [0.15, 0.2) is 5.09 Å². The Bertz CT molecular complexity index is 184. The molecule has 0 unspecified atom stereocenters. The van der Waals surface area contributed by atoms with E-state index in [0.717, 1.165) is 29.4 Å². The number of rotatable bonds is 4. The maximum atomic E-state index is 5.51. The first-order valence-electron chi connectivity index (χ1n) is 4.13. The van der Waals surface area contributed by atoms with Crippen molar-refractivity contribution in [3.8, 4) is 0 Å². The highest BCUT2D eigenvalue weighted by Crippen LogP contribution is 2.33. The Balaban J connectivity index is 2.65. The van der Waals surface area contributed by atoms with E-state index in [2.05, 4.69) is 27.8 Å². The quantitative estimate of drug-likeness (QED) is 0.713. The maximum Gasteiger partial charge on any atom is 0.174 e. The van der Waals surface area contributed by atoms with Crippen LogP contribution in [0.3, 0.4) is 0 Å². The molecule has 0 amide bonds. The van der Waals surface area contributed by atoms with Crippen LogP contribution in [0.1, 0.15) is 13.8 Å². The number of ether oxygens (including phenoxy) is 1. The van der Waals surface area contributed by atoms with Crippen LogP contribution in [0, 0.1) is 0 Å². The summed E-state index contributed by atoms with van der Waals surface area (Å²) in [6.45, 7) is 6.01. The second kappa shape index (κ2) is 5.02. The summed E-state index contributed by atoms with van der Waals surface area (Å²) in [6, 6.07) is 0. The summed E-state index contributed by atoms with van der Waals surface area (Å²) in [5.41, 5.74) is 1.30. The van der Waals surface area contributed by atoms with E-state index < -0.39 is 0 Å². The Hall–Kier alpha value is 0.170. The third-order valence-corrected chi connectivity index (χ3v) is 3.34. The third kappa shape index (κ3) is 2.10. The van der Waals surface area contributed by atoms with E-state index in [1.54, 1.807) is 11.8 Å². The molecule has 4 heteroatoms. The van der Waals surface area contributed by atoms with Crippen LogP contribution in [0.5, 0.6) is 0 Å². The van der Waals surface area contributed by atoms with E-state index in [9.17, 15) is 0 Å². The topological polar surface area (TPSA) is 12.5 Å². The van der Waals surface area contributed by atoms with E-state index in [-0.39, 0.29) is 0 Å². The van der Waals surface area contributed by atoms with E-state index in [0.29, 0.717) is 0 Å². The van der Waals surface area contributed by atoms with Crippen LogP contribution in [0.15, 0.2) is 10.8 Å². The Kier molecular flexibility index (Phi) is 4.29. The van der Waals surface area contributed by atoms with Crippen molar-refractivity contribution in [1.82, 2.24) is 4.90 Å². The molecule has 0 bridgehead atoms. The minimum Gasteiger partial charge on any atom is -0.486 e. The molecule has 2 nitrogen and oxygen atoms in total. The second-order valence-corrected chi connectivity index (χ2v) is 3.91. The molecule has 1 aliphatic heterocycles. The molecule has 0 aromatic rings. The predicted octanol–water partition coefficient (Wildman–Crippen LogP) is 2.61. The summed E-state index contributed by atoms with van der Waals surface area (Å²) in [7, 11) is 0. The molecular formula is C8H14BrNOS. The highest BCUT2D eigenvalue weighted by molar-refractivity contribution is 9.09. The molecule has 0 N–H and O–H groups in total. The summed E-state index contributed by atoms with van der Waals surface area (Å²) in [5.74, 6) is 1.03. The van der Waals surface area contributed by atoms with E-state index in [1.807, 2.05) is 6.92 Å². The minimum atomic E-state index is 0.760. The number of thioether (sulfide) groups is 1. The molecule has 1 aliphatic rings. The normalized spacial score (nSPS) is 17.4. The van der Waals surface area contributed by atoms with Gasteiger partial charge in [-0.2, -0.15) is 0 Å². The maximum absolute atomic E-state index is 5.51. The second-order valence-electron chi connectivity index (χ2n) is 2.43. The molecule has 0 radical (unpaired) electrons. The highest BCUT2D eigenvalue weighted by atomic mass is 79.9. The number of halogens is 1. The van der Waals surface area contributed by atoms with Gasteiger partial charge >= 0.3 is 0 Å². The lowest BCUT2D eigenvalue weighted by Gasteiger charge is -2.16. The zero-order valence-corrected chi connectivity index (χ0v) is 9.87. The molecule has 70 valence electrons. The first-order chi connectivity index (χ1) is 5.83. The van der Waals surface area contributed by atoms with Crippen molar-refractivity contribution in [3.63, 3.8) is 0 Å². The zero-order chi connectivity index (χ0) is 8.97. The van der Waals surface area contributed by atoms with Crippen LogP contribution in [-0.2, 0) is 4.74 Å². The highest BCUT2D eigenvalue weighted by Gasteiger charge is 2.21. The Labute approximate surface area is 86.5 Å². The van der Waals surface area contributed by atoms with Crippen molar-refractivity contribution in [2.75, 3.05) is 24.4 Å². The fraction of sp³-hybridized carbons (Fsp3) is 0.750. The van der Waals surface area contributed by atoms with Crippen molar-refractivity contribution < 1.29 is 4.74 Å². The summed E-state index contributed by atoms with van der Waals surface area (Å²) in [6.07, 6.45) is 0. The van der Waals surface area contributed by atoms with Gasteiger partial charge in [0, 0.05) is 11.9 Å². The molecule has 0 saturated carbocycles. The van der Waals surface area contributed by atoms with Gasteiger partial charge in [-0.3, -0.25) is 0 Å². The fourth-order valence-corrected chi connectivity index (χ4v) is 3.08. The Morgan fingerprint density at radius 1 is 1.58 bits per heavy atom. The van der Waals surface area contributed by atoms with Gasteiger partial charge in [-0.25, -0.2) is 0 Å². The van der Waals surface area contributed by atoms with Crippen molar-refractivity contribution >= 4 is 27.7 Å². The van der Waals surface area contributed by atoms with Gasteiger partial charge in [0.1, 0.15) is 0 Å². The van der Waals surface area contributed by atoms with Gasteiger partial charge in [0.25, 0.3) is 0 Å². The molecule has 12 heavy (non-hydrogen) atoms. The number of alkyl halides is 1. The largest absolute Gasteiger partial charge is 0.486 e. The summed E-state index contributed by atoms with van der Waals surface area (Å²) >= 11 is 5.26.